The maximum Gasteiger partial charge on any atom is 0.355 e. The van der Waals surface area contributed by atoms with Crippen LogP contribution < -0.4 is 5.32 Å². The molecular formula is C11H13N3O4S. The van der Waals surface area contributed by atoms with E-state index in [1.807, 2.05) is 0 Å². The van der Waals surface area contributed by atoms with Crippen LogP contribution >= 0.6 is 11.3 Å². The van der Waals surface area contributed by atoms with Gasteiger partial charge in [-0.2, -0.15) is 0 Å². The van der Waals surface area contributed by atoms with Crippen LogP contribution in [0.5, 0.6) is 0 Å². The van der Waals surface area contributed by atoms with Crippen molar-refractivity contribution in [3.8, 4) is 0 Å². The Morgan fingerprint density at radius 3 is 2.79 bits per heavy atom. The predicted octanol–water partition coefficient (Wildman–Crippen LogP) is 0.709. The number of hydrogen-bond donors (Lipinski definition) is 2. The van der Waals surface area contributed by atoms with Crippen molar-refractivity contribution < 1.29 is 19.5 Å². The van der Waals surface area contributed by atoms with Gasteiger partial charge in [0.2, 0.25) is 5.91 Å². The number of carboxylic acids is 1. The van der Waals surface area contributed by atoms with Crippen molar-refractivity contribution in [3.05, 3.63) is 10.6 Å². The van der Waals surface area contributed by atoms with E-state index < -0.39 is 12.0 Å². The van der Waals surface area contributed by atoms with Crippen molar-refractivity contribution in [3.63, 3.8) is 0 Å². The quantitative estimate of drug-likeness (QED) is 0.792. The van der Waals surface area contributed by atoms with Crippen LogP contribution in [0.25, 0.3) is 0 Å². The number of likely N-dealkylation sites (N-methyl/N-ethyl adjacent to an activating group) is 1. The van der Waals surface area contributed by atoms with E-state index in [2.05, 4.69) is 10.3 Å². The molecule has 1 aliphatic rings. The highest BCUT2D eigenvalue weighted by atomic mass is 32.1. The summed E-state index contributed by atoms with van der Waals surface area (Å²) >= 11 is 1.18. The molecule has 1 aliphatic heterocycles. The van der Waals surface area contributed by atoms with E-state index in [1.165, 1.54) is 18.4 Å². The summed E-state index contributed by atoms with van der Waals surface area (Å²) in [6.45, 7) is 1.66. The molecule has 2 rings (SSSR count). The Hall–Kier alpha value is -1.96. The van der Waals surface area contributed by atoms with Gasteiger partial charge in [-0.3, -0.25) is 14.5 Å². The maximum absolute atomic E-state index is 11.9. The van der Waals surface area contributed by atoms with Gasteiger partial charge < -0.3 is 10.4 Å². The number of imide groups is 1. The van der Waals surface area contributed by atoms with Gasteiger partial charge in [0, 0.05) is 18.3 Å². The lowest BCUT2D eigenvalue weighted by Gasteiger charge is -2.27. The molecule has 0 spiro atoms. The zero-order chi connectivity index (χ0) is 14.2. The zero-order valence-electron chi connectivity index (χ0n) is 10.5. The summed E-state index contributed by atoms with van der Waals surface area (Å²) < 4.78 is 0. The highest BCUT2D eigenvalue weighted by molar-refractivity contribution is 7.15. The van der Waals surface area contributed by atoms with Crippen LogP contribution in [0.15, 0.2) is 0 Å². The van der Waals surface area contributed by atoms with Crippen LogP contribution in [-0.2, 0) is 9.59 Å². The third-order valence-electron chi connectivity index (χ3n) is 2.95. The van der Waals surface area contributed by atoms with E-state index >= 15 is 0 Å². The van der Waals surface area contributed by atoms with E-state index in [-0.39, 0.29) is 23.9 Å². The third kappa shape index (κ3) is 2.58. The molecule has 0 aliphatic carbocycles. The van der Waals surface area contributed by atoms with Crippen LogP contribution in [0.1, 0.15) is 28.2 Å². The first kappa shape index (κ1) is 13.5. The van der Waals surface area contributed by atoms with Crippen molar-refractivity contribution in [2.45, 2.75) is 25.8 Å². The summed E-state index contributed by atoms with van der Waals surface area (Å²) in [6, 6.07) is -0.533. The van der Waals surface area contributed by atoms with E-state index in [9.17, 15) is 14.4 Å². The summed E-state index contributed by atoms with van der Waals surface area (Å²) in [4.78, 5) is 39.7. The number of aromatic nitrogens is 1. The highest BCUT2D eigenvalue weighted by Gasteiger charge is 2.32. The smallest absolute Gasteiger partial charge is 0.355 e. The predicted molar refractivity (Wildman–Crippen MR) is 68.2 cm³/mol. The number of piperidine rings is 1. The molecule has 0 radical (unpaired) electrons. The monoisotopic (exact) mass is 283 g/mol. The van der Waals surface area contributed by atoms with Gasteiger partial charge in [0.25, 0.3) is 5.91 Å². The fourth-order valence-corrected chi connectivity index (χ4v) is 2.71. The van der Waals surface area contributed by atoms with Crippen molar-refractivity contribution in [1.82, 2.24) is 9.88 Å². The van der Waals surface area contributed by atoms with Crippen LogP contribution in [-0.4, -0.2) is 45.9 Å². The van der Waals surface area contributed by atoms with Crippen LogP contribution in [0, 0.1) is 6.92 Å². The number of nitrogens with zero attached hydrogens (tertiary/aromatic N) is 2. The first-order valence-corrected chi connectivity index (χ1v) is 6.49. The molecule has 0 bridgehead atoms. The number of carboxylic acid groups (broad SMARTS) is 1. The van der Waals surface area contributed by atoms with E-state index in [0.29, 0.717) is 16.4 Å². The number of anilines is 1. The van der Waals surface area contributed by atoms with Crippen molar-refractivity contribution >= 4 is 34.3 Å². The highest BCUT2D eigenvalue weighted by Crippen LogP contribution is 2.24. The lowest BCUT2D eigenvalue weighted by Crippen LogP contribution is -2.48. The van der Waals surface area contributed by atoms with Crippen LogP contribution in [0.3, 0.4) is 0 Å². The van der Waals surface area contributed by atoms with E-state index in [4.69, 9.17) is 5.11 Å². The Labute approximate surface area is 113 Å². The van der Waals surface area contributed by atoms with Gasteiger partial charge in [0.15, 0.2) is 10.8 Å². The van der Waals surface area contributed by atoms with Gasteiger partial charge in [0.05, 0.1) is 0 Å². The average molecular weight is 283 g/mol. The average Bonchev–Trinajstić information content (AvgIpc) is 2.71. The summed E-state index contributed by atoms with van der Waals surface area (Å²) in [5.41, 5.74) is -0.0137. The largest absolute Gasteiger partial charge is 0.476 e. The number of nitrogens with one attached hydrogen (secondary N) is 1. The minimum absolute atomic E-state index is 0.0137. The van der Waals surface area contributed by atoms with Gasteiger partial charge in [-0.25, -0.2) is 9.78 Å². The maximum atomic E-state index is 11.9. The Morgan fingerprint density at radius 1 is 1.53 bits per heavy atom. The molecule has 1 fully saturated rings. The van der Waals surface area contributed by atoms with Crippen molar-refractivity contribution in [2.75, 3.05) is 12.4 Å². The molecule has 0 aromatic carbocycles. The molecule has 1 unspecified atom stereocenters. The number of hydrogen-bond acceptors (Lipinski definition) is 6. The molecule has 102 valence electrons. The SMILES string of the molecule is Cc1sc(NC2CCC(=O)N(C)C2=O)nc1C(=O)O. The summed E-state index contributed by atoms with van der Waals surface area (Å²) in [5.74, 6) is -1.62. The van der Waals surface area contributed by atoms with Gasteiger partial charge in [0.1, 0.15) is 6.04 Å². The number of thiazole rings is 1. The van der Waals surface area contributed by atoms with Gasteiger partial charge in [-0.15, -0.1) is 11.3 Å². The second kappa shape index (κ2) is 4.96. The number of likely N-dealkylation sites (tertiary alicyclic amines) is 1. The zero-order valence-corrected chi connectivity index (χ0v) is 11.3. The summed E-state index contributed by atoms with van der Waals surface area (Å²) in [5, 5.41) is 12.2. The van der Waals surface area contributed by atoms with Crippen molar-refractivity contribution in [2.24, 2.45) is 0 Å². The molecular weight excluding hydrogens is 270 g/mol. The minimum atomic E-state index is -1.09. The van der Waals surface area contributed by atoms with Gasteiger partial charge in [-0.1, -0.05) is 0 Å². The molecule has 0 saturated carbocycles. The molecule has 2 amide bonds. The Morgan fingerprint density at radius 2 is 2.21 bits per heavy atom. The van der Waals surface area contributed by atoms with Crippen LogP contribution in [0.4, 0.5) is 5.13 Å². The third-order valence-corrected chi connectivity index (χ3v) is 3.85. The second-order valence-electron chi connectivity index (χ2n) is 4.26. The number of amides is 2. The first-order chi connectivity index (χ1) is 8.90. The van der Waals surface area contributed by atoms with Crippen molar-refractivity contribution in [1.29, 1.82) is 0 Å². The molecule has 1 atom stereocenters. The summed E-state index contributed by atoms with van der Waals surface area (Å²) in [6.07, 6.45) is 0.680. The lowest BCUT2D eigenvalue weighted by atomic mass is 10.1. The fourth-order valence-electron chi connectivity index (χ4n) is 1.86. The molecule has 7 nitrogen and oxygen atoms in total. The molecule has 19 heavy (non-hydrogen) atoms. The number of aryl methyl sites for hydroxylation is 1. The van der Waals surface area contributed by atoms with Gasteiger partial charge >= 0.3 is 5.97 Å². The fraction of sp³-hybridized carbons (Fsp3) is 0.455. The molecule has 2 N–H and O–H groups in total. The summed E-state index contributed by atoms with van der Waals surface area (Å²) in [7, 11) is 1.44. The minimum Gasteiger partial charge on any atom is -0.476 e. The normalized spacial score (nSPS) is 19.7. The topological polar surface area (TPSA) is 99.6 Å². The number of rotatable bonds is 3. The molecule has 1 saturated heterocycles. The number of carbonyl (C=O) groups is 3. The lowest BCUT2D eigenvalue weighted by molar-refractivity contribution is -0.146. The first-order valence-electron chi connectivity index (χ1n) is 5.68. The second-order valence-corrected chi connectivity index (χ2v) is 5.46. The number of aromatic carboxylic acids is 1. The Kier molecular flexibility index (Phi) is 3.52. The molecule has 1 aromatic rings. The molecule has 8 heteroatoms. The Balaban J connectivity index is 2.13. The van der Waals surface area contributed by atoms with E-state index in [0.717, 1.165) is 4.90 Å². The van der Waals surface area contributed by atoms with Gasteiger partial charge in [-0.05, 0) is 13.3 Å². The van der Waals surface area contributed by atoms with E-state index in [1.54, 1.807) is 6.92 Å². The molecule has 2 heterocycles. The molecule has 1 aromatic heterocycles. The standard InChI is InChI=1S/C11H13N3O4S/c1-5-8(10(17)18)13-11(19-5)12-6-3-4-7(15)14(2)9(6)16/h6H,3-4H2,1-2H3,(H,12,13)(H,17,18). The van der Waals surface area contributed by atoms with Crippen LogP contribution in [0.2, 0.25) is 0 Å². The Bertz CT molecular complexity index is 554. The number of carbonyl (C=O) groups excluding carboxylic acids is 2.